The molecule has 1 saturated heterocycles. The Morgan fingerprint density at radius 2 is 2.00 bits per heavy atom. The minimum absolute atomic E-state index is 0.134. The molecule has 0 atom stereocenters. The topological polar surface area (TPSA) is 84.6 Å². The van der Waals surface area contributed by atoms with E-state index in [2.05, 4.69) is 10.5 Å². The van der Waals surface area contributed by atoms with Crippen molar-refractivity contribution >= 4 is 5.91 Å². The van der Waals surface area contributed by atoms with E-state index >= 15 is 0 Å². The Morgan fingerprint density at radius 3 is 2.73 bits per heavy atom. The van der Waals surface area contributed by atoms with Crippen LogP contribution in [0.1, 0.15) is 23.4 Å². The summed E-state index contributed by atoms with van der Waals surface area (Å²) >= 11 is 0. The monoisotopic (exact) mass is 302 g/mol. The Kier molecular flexibility index (Phi) is 4.22. The van der Waals surface area contributed by atoms with Gasteiger partial charge in [-0.2, -0.15) is 0 Å². The number of hydrogen-bond donors (Lipinski definition) is 2. The lowest BCUT2D eigenvalue weighted by Gasteiger charge is -2.31. The lowest BCUT2D eigenvalue weighted by molar-refractivity contribution is -0.0606. The normalized spacial score (nSPS) is 17.1. The average molecular weight is 302 g/mol. The Hall–Kier alpha value is -2.18. The Morgan fingerprint density at radius 1 is 1.27 bits per heavy atom. The second-order valence-electron chi connectivity index (χ2n) is 5.46. The van der Waals surface area contributed by atoms with E-state index in [0.717, 1.165) is 5.56 Å². The molecule has 1 aromatic carbocycles. The third-order valence-electron chi connectivity index (χ3n) is 3.81. The van der Waals surface area contributed by atoms with E-state index < -0.39 is 5.60 Å². The van der Waals surface area contributed by atoms with Crippen LogP contribution in [-0.4, -0.2) is 41.5 Å². The predicted octanol–water partition coefficient (Wildman–Crippen LogP) is 1.61. The summed E-state index contributed by atoms with van der Waals surface area (Å²) in [7, 11) is 0. The number of aromatic nitrogens is 1. The van der Waals surface area contributed by atoms with E-state index in [1.54, 1.807) is 6.07 Å². The van der Waals surface area contributed by atoms with Crippen LogP contribution in [0.2, 0.25) is 0 Å². The maximum Gasteiger partial charge on any atom is 0.290 e. The largest absolute Gasteiger partial charge is 0.388 e. The molecule has 1 aliphatic rings. The third kappa shape index (κ3) is 3.35. The Labute approximate surface area is 128 Å². The van der Waals surface area contributed by atoms with Gasteiger partial charge >= 0.3 is 0 Å². The van der Waals surface area contributed by atoms with Gasteiger partial charge in [0.05, 0.1) is 5.60 Å². The van der Waals surface area contributed by atoms with Crippen LogP contribution in [0.25, 0.3) is 11.3 Å². The molecule has 0 aliphatic carbocycles. The van der Waals surface area contributed by atoms with Crippen LogP contribution in [0, 0.1) is 0 Å². The molecule has 0 saturated carbocycles. The molecule has 0 unspecified atom stereocenters. The molecular formula is C16H18N2O4. The summed E-state index contributed by atoms with van der Waals surface area (Å²) in [6.45, 7) is 1.19. The molecule has 0 radical (unpaired) electrons. The molecule has 0 spiro atoms. The number of benzene rings is 1. The van der Waals surface area contributed by atoms with Crippen LogP contribution in [0.5, 0.6) is 0 Å². The predicted molar refractivity (Wildman–Crippen MR) is 79.3 cm³/mol. The number of carbonyl (C=O) groups is 1. The van der Waals surface area contributed by atoms with E-state index in [1.807, 2.05) is 30.3 Å². The van der Waals surface area contributed by atoms with Crippen molar-refractivity contribution in [1.29, 1.82) is 0 Å². The summed E-state index contributed by atoms with van der Waals surface area (Å²) in [6, 6.07) is 11.1. The van der Waals surface area contributed by atoms with Crippen LogP contribution in [-0.2, 0) is 4.74 Å². The minimum atomic E-state index is -0.907. The van der Waals surface area contributed by atoms with Crippen molar-refractivity contribution < 1.29 is 19.2 Å². The molecule has 1 amide bonds. The molecule has 116 valence electrons. The van der Waals surface area contributed by atoms with Crippen molar-refractivity contribution in [3.63, 3.8) is 0 Å². The molecule has 6 heteroatoms. The Balaban J connectivity index is 1.62. The van der Waals surface area contributed by atoms with Gasteiger partial charge in [-0.15, -0.1) is 0 Å². The number of hydrogen-bond acceptors (Lipinski definition) is 5. The standard InChI is InChI=1S/C16H18N2O4/c19-15(17-11-16(20)6-8-21-9-7-16)14-10-13(18-22-14)12-4-2-1-3-5-12/h1-5,10,20H,6-9,11H2,(H,17,19). The van der Waals surface area contributed by atoms with Gasteiger partial charge in [-0.1, -0.05) is 35.5 Å². The molecule has 22 heavy (non-hydrogen) atoms. The number of nitrogens with zero attached hydrogens (tertiary/aromatic N) is 1. The molecule has 6 nitrogen and oxygen atoms in total. The van der Waals surface area contributed by atoms with Crippen LogP contribution >= 0.6 is 0 Å². The van der Waals surface area contributed by atoms with E-state index in [-0.39, 0.29) is 18.2 Å². The van der Waals surface area contributed by atoms with E-state index in [4.69, 9.17) is 9.26 Å². The van der Waals surface area contributed by atoms with Crippen LogP contribution in [0.15, 0.2) is 40.9 Å². The smallest absolute Gasteiger partial charge is 0.290 e. The molecule has 2 aromatic rings. The van der Waals surface area contributed by atoms with E-state index in [9.17, 15) is 9.90 Å². The lowest BCUT2D eigenvalue weighted by Crippen LogP contribution is -2.46. The van der Waals surface area contributed by atoms with Crippen molar-refractivity contribution in [1.82, 2.24) is 10.5 Å². The van der Waals surface area contributed by atoms with Crippen LogP contribution in [0.4, 0.5) is 0 Å². The van der Waals surface area contributed by atoms with Gasteiger partial charge in [-0.3, -0.25) is 4.79 Å². The summed E-state index contributed by atoms with van der Waals surface area (Å²) in [6.07, 6.45) is 1.03. The summed E-state index contributed by atoms with van der Waals surface area (Å²) < 4.78 is 10.3. The molecule has 1 aliphatic heterocycles. The van der Waals surface area contributed by atoms with Gasteiger partial charge < -0.3 is 19.7 Å². The fourth-order valence-electron chi connectivity index (χ4n) is 2.39. The molecule has 1 aromatic heterocycles. The van der Waals surface area contributed by atoms with Gasteiger partial charge in [0.2, 0.25) is 5.76 Å². The fourth-order valence-corrected chi connectivity index (χ4v) is 2.39. The lowest BCUT2D eigenvalue weighted by atomic mass is 9.94. The van der Waals surface area contributed by atoms with Crippen molar-refractivity contribution in [3.8, 4) is 11.3 Å². The van der Waals surface area contributed by atoms with Crippen LogP contribution < -0.4 is 5.32 Å². The SMILES string of the molecule is O=C(NCC1(O)CCOCC1)c1cc(-c2ccccc2)no1. The van der Waals surface area contributed by atoms with Gasteiger partial charge in [0.15, 0.2) is 0 Å². The maximum absolute atomic E-state index is 12.1. The second-order valence-corrected chi connectivity index (χ2v) is 5.46. The fraction of sp³-hybridized carbons (Fsp3) is 0.375. The summed E-state index contributed by atoms with van der Waals surface area (Å²) in [5.41, 5.74) is 0.583. The minimum Gasteiger partial charge on any atom is -0.388 e. The van der Waals surface area contributed by atoms with Crippen LogP contribution in [0.3, 0.4) is 0 Å². The molecule has 1 fully saturated rings. The van der Waals surface area contributed by atoms with Crippen molar-refractivity contribution in [2.45, 2.75) is 18.4 Å². The number of nitrogens with one attached hydrogen (secondary N) is 1. The van der Waals surface area contributed by atoms with Crippen molar-refractivity contribution in [2.75, 3.05) is 19.8 Å². The summed E-state index contributed by atoms with van der Waals surface area (Å²) in [5.74, 6) is -0.246. The van der Waals surface area contributed by atoms with E-state index in [1.165, 1.54) is 0 Å². The first-order valence-corrected chi connectivity index (χ1v) is 7.27. The quantitative estimate of drug-likeness (QED) is 0.896. The first-order chi connectivity index (χ1) is 10.7. The summed E-state index contributed by atoms with van der Waals surface area (Å²) in [5, 5.41) is 16.9. The van der Waals surface area contributed by atoms with Gasteiger partial charge in [0.25, 0.3) is 5.91 Å². The molecule has 3 rings (SSSR count). The molecule has 0 bridgehead atoms. The van der Waals surface area contributed by atoms with Gasteiger partial charge in [0, 0.05) is 44.2 Å². The highest BCUT2D eigenvalue weighted by atomic mass is 16.5. The summed E-state index contributed by atoms with van der Waals surface area (Å²) in [4.78, 5) is 12.1. The first-order valence-electron chi connectivity index (χ1n) is 7.27. The second kappa shape index (κ2) is 6.29. The first kappa shape index (κ1) is 14.7. The number of aliphatic hydroxyl groups is 1. The highest BCUT2D eigenvalue weighted by Crippen LogP contribution is 2.20. The van der Waals surface area contributed by atoms with Gasteiger partial charge in [-0.25, -0.2) is 0 Å². The maximum atomic E-state index is 12.1. The molecular weight excluding hydrogens is 284 g/mol. The number of ether oxygens (including phenoxy) is 1. The number of rotatable bonds is 4. The van der Waals surface area contributed by atoms with E-state index in [0.29, 0.717) is 31.7 Å². The van der Waals surface area contributed by atoms with Crippen molar-refractivity contribution in [2.24, 2.45) is 0 Å². The zero-order valence-corrected chi connectivity index (χ0v) is 12.1. The number of amides is 1. The van der Waals surface area contributed by atoms with Crippen molar-refractivity contribution in [3.05, 3.63) is 42.2 Å². The van der Waals surface area contributed by atoms with Gasteiger partial charge in [-0.05, 0) is 0 Å². The zero-order chi connectivity index (χ0) is 15.4. The molecule has 2 heterocycles. The Bertz CT molecular complexity index is 633. The highest BCUT2D eigenvalue weighted by molar-refractivity contribution is 5.92. The zero-order valence-electron chi connectivity index (χ0n) is 12.1. The average Bonchev–Trinajstić information content (AvgIpc) is 3.04. The van der Waals surface area contributed by atoms with Gasteiger partial charge in [0.1, 0.15) is 5.69 Å². The number of carbonyl (C=O) groups excluding carboxylic acids is 1. The molecule has 2 N–H and O–H groups in total. The highest BCUT2D eigenvalue weighted by Gasteiger charge is 2.30. The third-order valence-corrected chi connectivity index (χ3v) is 3.81.